The first kappa shape index (κ1) is 16.5. The molecule has 1 atom stereocenters. The van der Waals surface area contributed by atoms with E-state index < -0.39 is 0 Å². The number of thioether (sulfide) groups is 1. The average Bonchev–Trinajstić information content (AvgIpc) is 2.56. The molecule has 2 saturated heterocycles. The zero-order chi connectivity index (χ0) is 15.1. The largest absolute Gasteiger partial charge is 0.347 e. The molecular weight excluding hydrogens is 284 g/mol. The predicted octanol–water partition coefficient (Wildman–Crippen LogP) is 1.40. The molecule has 0 radical (unpaired) electrons. The summed E-state index contributed by atoms with van der Waals surface area (Å²) in [5, 5.41) is 3.93. The van der Waals surface area contributed by atoms with Crippen LogP contribution < -0.4 is 5.32 Å². The maximum Gasteiger partial charge on any atom is 0.241 e. The van der Waals surface area contributed by atoms with Gasteiger partial charge in [0.05, 0.1) is 6.54 Å². The van der Waals surface area contributed by atoms with Crippen LogP contribution >= 0.6 is 11.8 Å². The molecule has 2 fully saturated rings. The summed E-state index contributed by atoms with van der Waals surface area (Å²) < 4.78 is 0. The standard InChI is InChI=1S/C15H28N4OS/c1-3-13-12-19(9-10-21-13)15(16-2)17-11-14(20)18-7-5-4-6-8-18/h13H,3-12H2,1-2H3,(H,16,17). The minimum atomic E-state index is 0.203. The quantitative estimate of drug-likeness (QED) is 0.632. The third-order valence-electron chi connectivity index (χ3n) is 4.21. The second kappa shape index (κ2) is 8.51. The number of carbonyl (C=O) groups is 1. The number of likely N-dealkylation sites (tertiary alicyclic amines) is 1. The Morgan fingerprint density at radius 2 is 2.00 bits per heavy atom. The van der Waals surface area contributed by atoms with E-state index in [0.29, 0.717) is 11.8 Å². The highest BCUT2D eigenvalue weighted by Crippen LogP contribution is 2.20. The van der Waals surface area contributed by atoms with E-state index in [1.54, 1.807) is 7.05 Å². The smallest absolute Gasteiger partial charge is 0.241 e. The number of aliphatic imine (C=N–C) groups is 1. The van der Waals surface area contributed by atoms with E-state index in [1.807, 2.05) is 16.7 Å². The molecule has 0 bridgehead atoms. The van der Waals surface area contributed by atoms with Crippen LogP contribution in [-0.2, 0) is 4.79 Å². The molecule has 1 unspecified atom stereocenters. The maximum absolute atomic E-state index is 12.2. The van der Waals surface area contributed by atoms with Gasteiger partial charge in [-0.15, -0.1) is 0 Å². The van der Waals surface area contributed by atoms with E-state index in [1.165, 1.54) is 12.8 Å². The number of guanidine groups is 1. The minimum Gasteiger partial charge on any atom is -0.347 e. The molecule has 0 saturated carbocycles. The molecule has 6 heteroatoms. The minimum absolute atomic E-state index is 0.203. The van der Waals surface area contributed by atoms with Crippen molar-refractivity contribution in [2.75, 3.05) is 45.5 Å². The molecule has 120 valence electrons. The van der Waals surface area contributed by atoms with Gasteiger partial charge in [-0.2, -0.15) is 11.8 Å². The first-order chi connectivity index (χ1) is 10.2. The lowest BCUT2D eigenvalue weighted by atomic mass is 10.1. The van der Waals surface area contributed by atoms with Crippen molar-refractivity contribution in [2.24, 2.45) is 4.99 Å². The highest BCUT2D eigenvalue weighted by atomic mass is 32.2. The molecule has 21 heavy (non-hydrogen) atoms. The molecule has 1 N–H and O–H groups in total. The Kier molecular flexibility index (Phi) is 6.67. The van der Waals surface area contributed by atoms with Gasteiger partial charge in [-0.05, 0) is 25.7 Å². The Labute approximate surface area is 132 Å². The van der Waals surface area contributed by atoms with E-state index >= 15 is 0 Å². The molecule has 2 heterocycles. The van der Waals surface area contributed by atoms with Gasteiger partial charge >= 0.3 is 0 Å². The second-order valence-corrected chi connectivity index (χ2v) is 7.10. The van der Waals surface area contributed by atoms with Crippen LogP contribution in [0.3, 0.4) is 0 Å². The van der Waals surface area contributed by atoms with Gasteiger partial charge in [0.25, 0.3) is 0 Å². The lowest BCUT2D eigenvalue weighted by Gasteiger charge is -2.34. The lowest BCUT2D eigenvalue weighted by molar-refractivity contribution is -0.130. The van der Waals surface area contributed by atoms with Crippen molar-refractivity contribution < 1.29 is 4.79 Å². The second-order valence-electron chi connectivity index (χ2n) is 5.69. The summed E-state index contributed by atoms with van der Waals surface area (Å²) >= 11 is 2.04. The molecule has 0 aromatic heterocycles. The van der Waals surface area contributed by atoms with Crippen molar-refractivity contribution in [3.8, 4) is 0 Å². The Morgan fingerprint density at radius 3 is 2.67 bits per heavy atom. The summed E-state index contributed by atoms with van der Waals surface area (Å²) in [6, 6.07) is 0. The molecule has 0 spiro atoms. The highest BCUT2D eigenvalue weighted by molar-refractivity contribution is 8.00. The third kappa shape index (κ3) is 4.80. The van der Waals surface area contributed by atoms with Crippen molar-refractivity contribution in [1.29, 1.82) is 0 Å². The van der Waals surface area contributed by atoms with Crippen LogP contribution in [0.4, 0.5) is 0 Å². The normalized spacial score (nSPS) is 24.1. The fourth-order valence-electron chi connectivity index (χ4n) is 2.90. The summed E-state index contributed by atoms with van der Waals surface area (Å²) in [6.45, 7) is 6.47. The van der Waals surface area contributed by atoms with Crippen LogP contribution in [0.2, 0.25) is 0 Å². The van der Waals surface area contributed by atoms with E-state index in [2.05, 4.69) is 22.1 Å². The molecule has 0 aromatic carbocycles. The van der Waals surface area contributed by atoms with Crippen molar-refractivity contribution >= 4 is 23.6 Å². The van der Waals surface area contributed by atoms with Gasteiger partial charge in [0, 0.05) is 44.2 Å². The first-order valence-corrected chi connectivity index (χ1v) is 9.14. The van der Waals surface area contributed by atoms with E-state index in [-0.39, 0.29) is 5.91 Å². The molecule has 0 aromatic rings. The van der Waals surface area contributed by atoms with Crippen LogP contribution in [0.15, 0.2) is 4.99 Å². The fraction of sp³-hybridized carbons (Fsp3) is 0.867. The number of rotatable bonds is 3. The van der Waals surface area contributed by atoms with Gasteiger partial charge in [-0.3, -0.25) is 9.79 Å². The fourth-order valence-corrected chi connectivity index (χ4v) is 4.08. The van der Waals surface area contributed by atoms with Gasteiger partial charge in [-0.1, -0.05) is 6.92 Å². The van der Waals surface area contributed by atoms with E-state index in [9.17, 15) is 4.79 Å². The third-order valence-corrected chi connectivity index (χ3v) is 5.58. The Morgan fingerprint density at radius 1 is 1.24 bits per heavy atom. The number of nitrogens with zero attached hydrogens (tertiary/aromatic N) is 3. The van der Waals surface area contributed by atoms with E-state index in [0.717, 1.165) is 50.7 Å². The van der Waals surface area contributed by atoms with Crippen LogP contribution in [-0.4, -0.2) is 72.4 Å². The van der Waals surface area contributed by atoms with Gasteiger partial charge in [0.1, 0.15) is 0 Å². The number of hydrogen-bond acceptors (Lipinski definition) is 3. The summed E-state index contributed by atoms with van der Waals surface area (Å²) in [7, 11) is 1.80. The zero-order valence-corrected chi connectivity index (χ0v) is 14.1. The van der Waals surface area contributed by atoms with Crippen molar-refractivity contribution in [2.45, 2.75) is 37.9 Å². The average molecular weight is 312 g/mol. The van der Waals surface area contributed by atoms with Gasteiger partial charge in [-0.25, -0.2) is 0 Å². The van der Waals surface area contributed by atoms with Crippen molar-refractivity contribution in [3.05, 3.63) is 0 Å². The number of amides is 1. The zero-order valence-electron chi connectivity index (χ0n) is 13.3. The molecule has 5 nitrogen and oxygen atoms in total. The molecular formula is C15H28N4OS. The van der Waals surface area contributed by atoms with Crippen molar-refractivity contribution in [1.82, 2.24) is 15.1 Å². The monoisotopic (exact) mass is 312 g/mol. The van der Waals surface area contributed by atoms with E-state index in [4.69, 9.17) is 0 Å². The van der Waals surface area contributed by atoms with Crippen LogP contribution in [0.1, 0.15) is 32.6 Å². The molecule has 2 rings (SSSR count). The van der Waals surface area contributed by atoms with Crippen LogP contribution in [0.25, 0.3) is 0 Å². The van der Waals surface area contributed by atoms with Gasteiger partial charge < -0.3 is 15.1 Å². The molecule has 2 aliphatic heterocycles. The summed E-state index contributed by atoms with van der Waals surface area (Å²) in [5.41, 5.74) is 0. The highest BCUT2D eigenvalue weighted by Gasteiger charge is 2.22. The lowest BCUT2D eigenvalue weighted by Crippen LogP contribution is -2.50. The van der Waals surface area contributed by atoms with Crippen LogP contribution in [0.5, 0.6) is 0 Å². The van der Waals surface area contributed by atoms with Gasteiger partial charge in [0.15, 0.2) is 5.96 Å². The number of carbonyl (C=O) groups excluding carboxylic acids is 1. The summed E-state index contributed by atoms with van der Waals surface area (Å²) in [6.07, 6.45) is 4.72. The predicted molar refractivity (Wildman–Crippen MR) is 89.9 cm³/mol. The molecule has 0 aliphatic carbocycles. The maximum atomic E-state index is 12.2. The number of piperidine rings is 1. The first-order valence-electron chi connectivity index (χ1n) is 8.09. The SMILES string of the molecule is CCC1CN(C(=NC)NCC(=O)N2CCCCC2)CCS1. The van der Waals surface area contributed by atoms with Crippen molar-refractivity contribution in [3.63, 3.8) is 0 Å². The number of hydrogen-bond donors (Lipinski definition) is 1. The van der Waals surface area contributed by atoms with Gasteiger partial charge in [0.2, 0.25) is 5.91 Å². The summed E-state index contributed by atoms with van der Waals surface area (Å²) in [4.78, 5) is 20.8. The Balaban J connectivity index is 1.80. The topological polar surface area (TPSA) is 47.9 Å². The summed E-state index contributed by atoms with van der Waals surface area (Å²) in [5.74, 6) is 2.22. The molecule has 2 aliphatic rings. The Bertz CT molecular complexity index is 369. The molecule has 1 amide bonds. The van der Waals surface area contributed by atoms with Crippen LogP contribution in [0, 0.1) is 0 Å². The number of nitrogens with one attached hydrogen (secondary N) is 1. The Hall–Kier alpha value is -0.910.